The second-order valence-electron chi connectivity index (χ2n) is 7.76. The van der Waals surface area contributed by atoms with Gasteiger partial charge in [-0.1, -0.05) is 17.7 Å². The van der Waals surface area contributed by atoms with Crippen molar-refractivity contribution in [3.63, 3.8) is 0 Å². The number of rotatable bonds is 5. The first kappa shape index (κ1) is 23.7. The maximum absolute atomic E-state index is 13.4. The number of carbonyl (C=O) groups is 2. The fourth-order valence-electron chi connectivity index (χ4n) is 3.58. The summed E-state index contributed by atoms with van der Waals surface area (Å²) in [6.07, 6.45) is 1.43. The van der Waals surface area contributed by atoms with Crippen LogP contribution in [0.2, 0.25) is 5.02 Å². The highest BCUT2D eigenvalue weighted by molar-refractivity contribution is 7.92. The number of nitrogens with one attached hydrogen (secondary N) is 2. The molecule has 176 valence electrons. The Balaban J connectivity index is 1.46. The number of hydrogen-bond donors (Lipinski definition) is 2. The lowest BCUT2D eigenvalue weighted by molar-refractivity contribution is 0.101. The predicted molar refractivity (Wildman–Crippen MR) is 131 cm³/mol. The van der Waals surface area contributed by atoms with Crippen molar-refractivity contribution in [2.75, 3.05) is 27.2 Å². The van der Waals surface area contributed by atoms with Gasteiger partial charge in [0.25, 0.3) is 11.8 Å². The van der Waals surface area contributed by atoms with Crippen LogP contribution < -0.4 is 14.9 Å². The third-order valence-electron chi connectivity index (χ3n) is 5.33. The molecule has 0 aromatic heterocycles. The van der Waals surface area contributed by atoms with Crippen LogP contribution in [0.5, 0.6) is 0 Å². The number of nitrogens with zero attached hydrogens (tertiary/aromatic N) is 1. The molecular weight excluding hydrogens is 481 g/mol. The van der Waals surface area contributed by atoms with Crippen molar-refractivity contribution in [3.05, 3.63) is 88.7 Å². The highest BCUT2D eigenvalue weighted by atomic mass is 35.5. The van der Waals surface area contributed by atoms with Crippen LogP contribution >= 0.6 is 11.6 Å². The van der Waals surface area contributed by atoms with Gasteiger partial charge in [0.05, 0.1) is 22.2 Å². The zero-order chi connectivity index (χ0) is 24.3. The smallest absolute Gasteiger partial charge is 0.255 e. The summed E-state index contributed by atoms with van der Waals surface area (Å²) in [7, 11) is -3.33. The van der Waals surface area contributed by atoms with Gasteiger partial charge in [0.1, 0.15) is 5.82 Å². The van der Waals surface area contributed by atoms with Gasteiger partial charge in [-0.15, -0.1) is 0 Å². The third kappa shape index (κ3) is 5.37. The van der Waals surface area contributed by atoms with Crippen LogP contribution in [0, 0.1) is 5.82 Å². The van der Waals surface area contributed by atoms with Gasteiger partial charge in [0, 0.05) is 23.4 Å². The summed E-state index contributed by atoms with van der Waals surface area (Å²) in [5.41, 5.74) is 1.61. The minimum absolute atomic E-state index is 0.115. The standard InChI is InChI=1S/C24H21ClFN3O4S/c25-21-11-8-19(15-22(21)28-24(31)17-4-3-5-18(26)14-17)27-23(30)16-6-9-20(10-7-16)29-12-1-2-13-34(29,32)33/h3-11,14-15H,1-2,12-13H2,(H,27,30)(H,28,31). The molecule has 0 saturated carbocycles. The molecule has 0 unspecified atom stereocenters. The van der Waals surface area contributed by atoms with E-state index >= 15 is 0 Å². The Labute approximate surface area is 201 Å². The van der Waals surface area contributed by atoms with Gasteiger partial charge < -0.3 is 10.6 Å². The number of benzene rings is 3. The van der Waals surface area contributed by atoms with Crippen molar-refractivity contribution >= 4 is 50.5 Å². The first-order valence-corrected chi connectivity index (χ1v) is 12.5. The molecule has 0 radical (unpaired) electrons. The van der Waals surface area contributed by atoms with Gasteiger partial charge in [-0.2, -0.15) is 0 Å². The normalized spacial score (nSPS) is 14.9. The summed E-state index contributed by atoms with van der Waals surface area (Å²) in [6.45, 7) is 0.419. The topological polar surface area (TPSA) is 95.6 Å². The molecule has 0 spiro atoms. The Morgan fingerprint density at radius 1 is 0.882 bits per heavy atom. The Morgan fingerprint density at radius 2 is 1.62 bits per heavy atom. The Kier molecular flexibility index (Phi) is 6.85. The lowest BCUT2D eigenvalue weighted by atomic mass is 10.1. The average molecular weight is 502 g/mol. The molecule has 3 aromatic rings. The fraction of sp³-hybridized carbons (Fsp3) is 0.167. The molecule has 1 fully saturated rings. The third-order valence-corrected chi connectivity index (χ3v) is 7.53. The fourth-order valence-corrected chi connectivity index (χ4v) is 5.39. The molecule has 34 heavy (non-hydrogen) atoms. The maximum atomic E-state index is 13.4. The second-order valence-corrected chi connectivity index (χ2v) is 10.2. The van der Waals surface area contributed by atoms with E-state index in [0.717, 1.165) is 12.5 Å². The summed E-state index contributed by atoms with van der Waals surface area (Å²) < 4.78 is 39.3. The summed E-state index contributed by atoms with van der Waals surface area (Å²) in [6, 6.07) is 16.1. The number of amides is 2. The van der Waals surface area contributed by atoms with Crippen LogP contribution in [0.3, 0.4) is 0 Å². The largest absolute Gasteiger partial charge is 0.322 e. The van der Waals surface area contributed by atoms with E-state index in [0.29, 0.717) is 29.9 Å². The summed E-state index contributed by atoms with van der Waals surface area (Å²) in [4.78, 5) is 25.1. The molecule has 0 aliphatic carbocycles. The molecule has 2 N–H and O–H groups in total. The first-order valence-electron chi connectivity index (χ1n) is 10.5. The minimum Gasteiger partial charge on any atom is -0.322 e. The van der Waals surface area contributed by atoms with E-state index in [9.17, 15) is 22.4 Å². The monoisotopic (exact) mass is 501 g/mol. The number of halogens is 2. The van der Waals surface area contributed by atoms with Crippen molar-refractivity contribution in [1.29, 1.82) is 0 Å². The minimum atomic E-state index is -3.33. The van der Waals surface area contributed by atoms with E-state index in [4.69, 9.17) is 11.6 Å². The van der Waals surface area contributed by atoms with Crippen molar-refractivity contribution in [2.24, 2.45) is 0 Å². The number of carbonyl (C=O) groups excluding carboxylic acids is 2. The first-order chi connectivity index (χ1) is 16.2. The summed E-state index contributed by atoms with van der Waals surface area (Å²) in [5.74, 6) is -1.39. The quantitative estimate of drug-likeness (QED) is 0.519. The predicted octanol–water partition coefficient (Wildman–Crippen LogP) is 4.91. The van der Waals surface area contributed by atoms with Gasteiger partial charge in [-0.3, -0.25) is 13.9 Å². The second kappa shape index (κ2) is 9.82. The van der Waals surface area contributed by atoms with Crippen molar-refractivity contribution < 1.29 is 22.4 Å². The zero-order valence-corrected chi connectivity index (χ0v) is 19.5. The number of sulfonamides is 1. The molecule has 1 aliphatic heterocycles. The summed E-state index contributed by atoms with van der Waals surface area (Å²) >= 11 is 6.17. The van der Waals surface area contributed by atoms with Gasteiger partial charge in [0.15, 0.2) is 0 Å². The molecule has 4 rings (SSSR count). The van der Waals surface area contributed by atoms with Crippen LogP contribution in [-0.2, 0) is 10.0 Å². The molecule has 3 aromatic carbocycles. The van der Waals surface area contributed by atoms with Crippen molar-refractivity contribution in [2.45, 2.75) is 12.8 Å². The molecule has 0 atom stereocenters. The van der Waals surface area contributed by atoms with Crippen LogP contribution in [0.15, 0.2) is 66.7 Å². The number of hydrogen-bond acceptors (Lipinski definition) is 4. The van der Waals surface area contributed by atoms with Gasteiger partial charge >= 0.3 is 0 Å². The molecule has 1 heterocycles. The van der Waals surface area contributed by atoms with Gasteiger partial charge in [-0.05, 0) is 73.5 Å². The molecule has 1 saturated heterocycles. The van der Waals surface area contributed by atoms with Crippen LogP contribution in [0.4, 0.5) is 21.5 Å². The van der Waals surface area contributed by atoms with E-state index in [1.54, 1.807) is 30.3 Å². The van der Waals surface area contributed by atoms with E-state index in [-0.39, 0.29) is 22.0 Å². The van der Waals surface area contributed by atoms with E-state index in [2.05, 4.69) is 10.6 Å². The van der Waals surface area contributed by atoms with E-state index < -0.39 is 27.7 Å². The SMILES string of the molecule is O=C(Nc1ccc(Cl)c(NC(=O)c2cccc(F)c2)c1)c1ccc(N2CCCCS2(=O)=O)cc1. The van der Waals surface area contributed by atoms with E-state index in [1.807, 2.05) is 0 Å². The van der Waals surface area contributed by atoms with Crippen LogP contribution in [0.1, 0.15) is 33.6 Å². The molecular formula is C24H21ClFN3O4S. The maximum Gasteiger partial charge on any atom is 0.255 e. The number of anilines is 3. The van der Waals surface area contributed by atoms with Crippen LogP contribution in [0.25, 0.3) is 0 Å². The van der Waals surface area contributed by atoms with E-state index in [1.165, 1.54) is 34.6 Å². The Bertz CT molecular complexity index is 1350. The zero-order valence-electron chi connectivity index (χ0n) is 17.9. The van der Waals surface area contributed by atoms with Crippen LogP contribution in [-0.4, -0.2) is 32.5 Å². The molecule has 7 nitrogen and oxygen atoms in total. The highest BCUT2D eigenvalue weighted by Crippen LogP contribution is 2.27. The lowest BCUT2D eigenvalue weighted by Crippen LogP contribution is -2.37. The van der Waals surface area contributed by atoms with Gasteiger partial charge in [-0.25, -0.2) is 12.8 Å². The molecule has 2 amide bonds. The molecule has 1 aliphatic rings. The Morgan fingerprint density at radius 3 is 2.32 bits per heavy atom. The highest BCUT2D eigenvalue weighted by Gasteiger charge is 2.26. The molecule has 10 heteroatoms. The molecule has 0 bridgehead atoms. The summed E-state index contributed by atoms with van der Waals surface area (Å²) in [5, 5.41) is 5.58. The average Bonchev–Trinajstić information content (AvgIpc) is 2.81. The lowest BCUT2D eigenvalue weighted by Gasteiger charge is -2.28. The van der Waals surface area contributed by atoms with Gasteiger partial charge in [0.2, 0.25) is 10.0 Å². The van der Waals surface area contributed by atoms with Crippen molar-refractivity contribution in [3.8, 4) is 0 Å². The Hall–Kier alpha value is -3.43. The van der Waals surface area contributed by atoms with Crippen molar-refractivity contribution in [1.82, 2.24) is 0 Å².